The van der Waals surface area contributed by atoms with Crippen LogP contribution in [0.15, 0.2) is 48.8 Å². The first-order chi connectivity index (χ1) is 9.58. The SMILES string of the molecule is CC(C)c1cccc(OC(c2cccnc2)C(C)N)c1. The van der Waals surface area contributed by atoms with E-state index in [1.807, 2.05) is 31.2 Å². The molecule has 0 aliphatic rings. The van der Waals surface area contributed by atoms with Crippen molar-refractivity contribution in [1.29, 1.82) is 0 Å². The first kappa shape index (κ1) is 14.5. The van der Waals surface area contributed by atoms with Crippen LogP contribution in [0.25, 0.3) is 0 Å². The van der Waals surface area contributed by atoms with Crippen molar-refractivity contribution in [3.05, 3.63) is 59.9 Å². The monoisotopic (exact) mass is 270 g/mol. The molecule has 1 aromatic carbocycles. The Morgan fingerprint density at radius 3 is 2.40 bits per heavy atom. The van der Waals surface area contributed by atoms with Crippen LogP contribution in [-0.2, 0) is 0 Å². The lowest BCUT2D eigenvalue weighted by atomic mass is 10.0. The molecule has 0 aliphatic heterocycles. The van der Waals surface area contributed by atoms with Crippen LogP contribution >= 0.6 is 0 Å². The van der Waals surface area contributed by atoms with Crippen LogP contribution in [0.5, 0.6) is 5.75 Å². The van der Waals surface area contributed by atoms with Gasteiger partial charge in [0, 0.05) is 24.0 Å². The fraction of sp³-hybridized carbons (Fsp3) is 0.353. The molecule has 2 N–H and O–H groups in total. The third-order valence-electron chi connectivity index (χ3n) is 3.28. The summed E-state index contributed by atoms with van der Waals surface area (Å²) in [5, 5.41) is 0. The number of pyridine rings is 1. The molecular weight excluding hydrogens is 248 g/mol. The van der Waals surface area contributed by atoms with Gasteiger partial charge in [-0.1, -0.05) is 32.0 Å². The van der Waals surface area contributed by atoms with Crippen LogP contribution in [0.2, 0.25) is 0 Å². The summed E-state index contributed by atoms with van der Waals surface area (Å²) in [6.07, 6.45) is 3.37. The summed E-state index contributed by atoms with van der Waals surface area (Å²) >= 11 is 0. The lowest BCUT2D eigenvalue weighted by Gasteiger charge is -2.23. The Morgan fingerprint density at radius 2 is 1.80 bits per heavy atom. The van der Waals surface area contributed by atoms with E-state index in [2.05, 4.69) is 31.0 Å². The first-order valence-corrected chi connectivity index (χ1v) is 7.00. The normalized spacial score (nSPS) is 14.1. The molecule has 0 radical (unpaired) electrons. The number of ether oxygens (including phenoxy) is 1. The van der Waals surface area contributed by atoms with Gasteiger partial charge in [-0.05, 0) is 36.6 Å². The molecule has 3 heteroatoms. The highest BCUT2D eigenvalue weighted by molar-refractivity contribution is 5.31. The van der Waals surface area contributed by atoms with Crippen molar-refractivity contribution in [2.75, 3.05) is 0 Å². The summed E-state index contributed by atoms with van der Waals surface area (Å²) < 4.78 is 6.09. The van der Waals surface area contributed by atoms with E-state index in [1.54, 1.807) is 12.4 Å². The second kappa shape index (κ2) is 6.53. The Kier molecular flexibility index (Phi) is 4.74. The molecule has 0 bridgehead atoms. The van der Waals surface area contributed by atoms with Crippen LogP contribution in [0.3, 0.4) is 0 Å². The molecule has 2 unspecified atom stereocenters. The number of hydrogen-bond acceptors (Lipinski definition) is 3. The molecule has 0 fully saturated rings. The van der Waals surface area contributed by atoms with Gasteiger partial charge in [0.05, 0.1) is 0 Å². The van der Waals surface area contributed by atoms with E-state index in [9.17, 15) is 0 Å². The van der Waals surface area contributed by atoms with Crippen LogP contribution in [0.1, 0.15) is 43.9 Å². The fourth-order valence-electron chi connectivity index (χ4n) is 2.12. The van der Waals surface area contributed by atoms with Crippen molar-refractivity contribution in [2.45, 2.75) is 38.8 Å². The molecule has 20 heavy (non-hydrogen) atoms. The second-order valence-electron chi connectivity index (χ2n) is 5.41. The second-order valence-corrected chi connectivity index (χ2v) is 5.41. The highest BCUT2D eigenvalue weighted by Gasteiger charge is 2.18. The van der Waals surface area contributed by atoms with Crippen molar-refractivity contribution in [2.24, 2.45) is 5.73 Å². The molecule has 1 heterocycles. The number of nitrogens with zero attached hydrogens (tertiary/aromatic N) is 1. The predicted molar refractivity (Wildman–Crippen MR) is 81.8 cm³/mol. The zero-order chi connectivity index (χ0) is 14.5. The van der Waals surface area contributed by atoms with Gasteiger partial charge in [-0.25, -0.2) is 0 Å². The highest BCUT2D eigenvalue weighted by Crippen LogP contribution is 2.26. The summed E-state index contributed by atoms with van der Waals surface area (Å²) in [7, 11) is 0. The van der Waals surface area contributed by atoms with Crippen molar-refractivity contribution >= 4 is 0 Å². The van der Waals surface area contributed by atoms with E-state index >= 15 is 0 Å². The van der Waals surface area contributed by atoms with Crippen LogP contribution < -0.4 is 10.5 Å². The van der Waals surface area contributed by atoms with Gasteiger partial charge in [0.2, 0.25) is 0 Å². The third-order valence-corrected chi connectivity index (χ3v) is 3.28. The summed E-state index contributed by atoms with van der Waals surface area (Å²) in [6.45, 7) is 6.29. The maximum absolute atomic E-state index is 6.09. The summed E-state index contributed by atoms with van der Waals surface area (Å²) in [4.78, 5) is 4.14. The molecule has 2 atom stereocenters. The number of nitrogens with two attached hydrogens (primary N) is 1. The minimum absolute atomic E-state index is 0.109. The van der Waals surface area contributed by atoms with E-state index in [-0.39, 0.29) is 12.1 Å². The molecule has 1 aromatic heterocycles. The van der Waals surface area contributed by atoms with Gasteiger partial charge in [-0.15, -0.1) is 0 Å². The first-order valence-electron chi connectivity index (χ1n) is 7.00. The quantitative estimate of drug-likeness (QED) is 0.901. The molecule has 0 amide bonds. The highest BCUT2D eigenvalue weighted by atomic mass is 16.5. The van der Waals surface area contributed by atoms with Crippen LogP contribution in [0.4, 0.5) is 0 Å². The van der Waals surface area contributed by atoms with Gasteiger partial charge in [-0.2, -0.15) is 0 Å². The topological polar surface area (TPSA) is 48.1 Å². The number of rotatable bonds is 5. The Bertz CT molecular complexity index is 538. The number of benzene rings is 1. The van der Waals surface area contributed by atoms with Crippen molar-refractivity contribution in [1.82, 2.24) is 4.98 Å². The van der Waals surface area contributed by atoms with Gasteiger partial charge < -0.3 is 10.5 Å². The fourth-order valence-corrected chi connectivity index (χ4v) is 2.12. The third kappa shape index (κ3) is 3.58. The maximum Gasteiger partial charge on any atom is 0.140 e. The van der Waals surface area contributed by atoms with Gasteiger partial charge in [0.1, 0.15) is 11.9 Å². The zero-order valence-electron chi connectivity index (χ0n) is 12.3. The van der Waals surface area contributed by atoms with E-state index in [4.69, 9.17) is 10.5 Å². The average molecular weight is 270 g/mol. The summed E-state index contributed by atoms with van der Waals surface area (Å²) in [5.41, 5.74) is 8.32. The van der Waals surface area contributed by atoms with Gasteiger partial charge in [0.25, 0.3) is 0 Å². The predicted octanol–water partition coefficient (Wildman–Crippen LogP) is 3.67. The number of hydrogen-bond donors (Lipinski definition) is 1. The minimum atomic E-state index is -0.189. The standard InChI is InChI=1S/C17H22N2O/c1-12(2)14-6-4-8-16(10-14)20-17(13(3)18)15-7-5-9-19-11-15/h4-13,17H,18H2,1-3H3. The van der Waals surface area contributed by atoms with Crippen LogP contribution in [0, 0.1) is 0 Å². The molecule has 2 aromatic rings. The Balaban J connectivity index is 2.23. The largest absolute Gasteiger partial charge is 0.484 e. The Morgan fingerprint density at radius 1 is 1.05 bits per heavy atom. The van der Waals surface area contributed by atoms with Gasteiger partial charge >= 0.3 is 0 Å². The van der Waals surface area contributed by atoms with E-state index in [1.165, 1.54) is 5.56 Å². The van der Waals surface area contributed by atoms with Gasteiger partial charge in [0.15, 0.2) is 0 Å². The van der Waals surface area contributed by atoms with Crippen molar-refractivity contribution < 1.29 is 4.74 Å². The molecule has 2 rings (SSSR count). The van der Waals surface area contributed by atoms with E-state index in [0.717, 1.165) is 11.3 Å². The van der Waals surface area contributed by atoms with Crippen LogP contribution in [-0.4, -0.2) is 11.0 Å². The van der Waals surface area contributed by atoms with E-state index in [0.29, 0.717) is 5.92 Å². The van der Waals surface area contributed by atoms with E-state index < -0.39 is 0 Å². The summed E-state index contributed by atoms with van der Waals surface area (Å²) in [6, 6.07) is 12.0. The maximum atomic E-state index is 6.09. The molecule has 0 saturated carbocycles. The smallest absolute Gasteiger partial charge is 0.140 e. The zero-order valence-corrected chi connectivity index (χ0v) is 12.3. The Labute approximate surface area is 120 Å². The van der Waals surface area contributed by atoms with Crippen molar-refractivity contribution in [3.8, 4) is 5.75 Å². The lowest BCUT2D eigenvalue weighted by Crippen LogP contribution is -2.29. The van der Waals surface area contributed by atoms with Gasteiger partial charge in [-0.3, -0.25) is 4.98 Å². The average Bonchev–Trinajstić information content (AvgIpc) is 2.45. The molecule has 0 saturated heterocycles. The minimum Gasteiger partial charge on any atom is -0.484 e. The molecule has 3 nitrogen and oxygen atoms in total. The van der Waals surface area contributed by atoms with Crippen molar-refractivity contribution in [3.63, 3.8) is 0 Å². The summed E-state index contributed by atoms with van der Waals surface area (Å²) in [5.74, 6) is 1.33. The molecule has 0 spiro atoms. The lowest BCUT2D eigenvalue weighted by molar-refractivity contribution is 0.180. The number of aromatic nitrogens is 1. The molecule has 0 aliphatic carbocycles. The Hall–Kier alpha value is -1.87. The molecular formula is C17H22N2O. The molecule has 106 valence electrons.